The van der Waals surface area contributed by atoms with E-state index in [-0.39, 0.29) is 12.0 Å². The van der Waals surface area contributed by atoms with E-state index in [4.69, 9.17) is 5.73 Å². The lowest BCUT2D eigenvalue weighted by molar-refractivity contribution is 0.0600. The lowest BCUT2D eigenvalue weighted by Gasteiger charge is -2.11. The van der Waals surface area contributed by atoms with E-state index in [1.54, 1.807) is 12.1 Å². The Hall–Kier alpha value is -1.35. The molecule has 0 saturated carbocycles. The van der Waals surface area contributed by atoms with Gasteiger partial charge in [-0.1, -0.05) is 31.9 Å². The fraction of sp³-hybridized carbons (Fsp3) is 0.500. The molecule has 0 aliphatic heterocycles. The van der Waals surface area contributed by atoms with Gasteiger partial charge in [-0.25, -0.2) is 4.79 Å². The SMILES string of the molecule is CCCCC(N)Cc1ccc(C(=O)OC)cc1. The highest BCUT2D eigenvalue weighted by molar-refractivity contribution is 5.89. The van der Waals surface area contributed by atoms with Gasteiger partial charge in [0.15, 0.2) is 0 Å². The molecule has 0 aliphatic rings. The second-order valence-electron chi connectivity index (χ2n) is 4.29. The van der Waals surface area contributed by atoms with E-state index in [2.05, 4.69) is 11.7 Å². The number of carbonyl (C=O) groups is 1. The number of rotatable bonds is 6. The lowest BCUT2D eigenvalue weighted by atomic mass is 10.0. The molecule has 2 N–H and O–H groups in total. The molecule has 17 heavy (non-hydrogen) atoms. The third-order valence-corrected chi connectivity index (χ3v) is 2.80. The Labute approximate surface area is 103 Å². The van der Waals surface area contributed by atoms with Crippen LogP contribution in [0.4, 0.5) is 0 Å². The number of hydrogen-bond acceptors (Lipinski definition) is 3. The Bertz CT molecular complexity index is 346. The maximum Gasteiger partial charge on any atom is 0.337 e. The van der Waals surface area contributed by atoms with Crippen LogP contribution in [0.2, 0.25) is 0 Å². The monoisotopic (exact) mass is 235 g/mol. The van der Waals surface area contributed by atoms with Crippen LogP contribution in [0.25, 0.3) is 0 Å². The Balaban J connectivity index is 2.53. The molecule has 0 fully saturated rings. The third-order valence-electron chi connectivity index (χ3n) is 2.80. The Morgan fingerprint density at radius 2 is 2.00 bits per heavy atom. The zero-order chi connectivity index (χ0) is 12.7. The first kappa shape index (κ1) is 13.7. The summed E-state index contributed by atoms with van der Waals surface area (Å²) in [7, 11) is 1.39. The van der Waals surface area contributed by atoms with Crippen LogP contribution in [0.1, 0.15) is 42.1 Å². The maximum absolute atomic E-state index is 11.2. The molecule has 3 heteroatoms. The van der Waals surface area contributed by atoms with Crippen molar-refractivity contribution in [2.45, 2.75) is 38.6 Å². The van der Waals surface area contributed by atoms with Gasteiger partial charge in [-0.05, 0) is 30.5 Å². The van der Waals surface area contributed by atoms with E-state index >= 15 is 0 Å². The van der Waals surface area contributed by atoms with E-state index in [1.807, 2.05) is 12.1 Å². The second-order valence-corrected chi connectivity index (χ2v) is 4.29. The summed E-state index contributed by atoms with van der Waals surface area (Å²) < 4.78 is 4.65. The van der Waals surface area contributed by atoms with Crippen molar-refractivity contribution in [3.63, 3.8) is 0 Å². The molecule has 94 valence electrons. The average Bonchev–Trinajstić information content (AvgIpc) is 2.36. The molecule has 1 aromatic carbocycles. The van der Waals surface area contributed by atoms with E-state index < -0.39 is 0 Å². The molecule has 1 rings (SSSR count). The van der Waals surface area contributed by atoms with Crippen LogP contribution in [0.3, 0.4) is 0 Å². The molecular weight excluding hydrogens is 214 g/mol. The first-order valence-electron chi connectivity index (χ1n) is 6.10. The molecule has 1 unspecified atom stereocenters. The largest absolute Gasteiger partial charge is 0.465 e. The molecule has 0 amide bonds. The molecule has 1 atom stereocenters. The summed E-state index contributed by atoms with van der Waals surface area (Å²) in [6, 6.07) is 7.66. The molecule has 0 saturated heterocycles. The zero-order valence-corrected chi connectivity index (χ0v) is 10.6. The average molecular weight is 235 g/mol. The van der Waals surface area contributed by atoms with Gasteiger partial charge < -0.3 is 10.5 Å². The summed E-state index contributed by atoms with van der Waals surface area (Å²) in [4.78, 5) is 11.2. The summed E-state index contributed by atoms with van der Waals surface area (Å²) in [5, 5.41) is 0. The van der Waals surface area contributed by atoms with Crippen molar-refractivity contribution >= 4 is 5.97 Å². The smallest absolute Gasteiger partial charge is 0.337 e. The van der Waals surface area contributed by atoms with Crippen LogP contribution < -0.4 is 5.73 Å². The molecule has 0 aliphatic carbocycles. The summed E-state index contributed by atoms with van der Waals surface area (Å²) >= 11 is 0. The fourth-order valence-corrected chi connectivity index (χ4v) is 1.77. The molecule has 0 spiro atoms. The number of carbonyl (C=O) groups excluding carboxylic acids is 1. The highest BCUT2D eigenvalue weighted by Crippen LogP contribution is 2.10. The summed E-state index contributed by atoms with van der Waals surface area (Å²) in [6.45, 7) is 2.16. The van der Waals surface area contributed by atoms with Crippen LogP contribution >= 0.6 is 0 Å². The van der Waals surface area contributed by atoms with Gasteiger partial charge in [0.05, 0.1) is 12.7 Å². The molecule has 3 nitrogen and oxygen atoms in total. The van der Waals surface area contributed by atoms with Crippen LogP contribution in [0, 0.1) is 0 Å². The summed E-state index contributed by atoms with van der Waals surface area (Å²) in [6.07, 6.45) is 4.26. The minimum Gasteiger partial charge on any atom is -0.465 e. The number of ether oxygens (including phenoxy) is 1. The van der Waals surface area contributed by atoms with Crippen molar-refractivity contribution in [3.8, 4) is 0 Å². The van der Waals surface area contributed by atoms with Crippen LogP contribution in [-0.4, -0.2) is 19.1 Å². The second kappa shape index (κ2) is 7.07. The Morgan fingerprint density at radius 3 is 2.53 bits per heavy atom. The number of hydrogen-bond donors (Lipinski definition) is 1. The molecule has 0 bridgehead atoms. The van der Waals surface area contributed by atoms with Gasteiger partial charge in [0.2, 0.25) is 0 Å². The zero-order valence-electron chi connectivity index (χ0n) is 10.6. The molecule has 1 aromatic rings. The predicted molar refractivity (Wildman–Crippen MR) is 69.0 cm³/mol. The van der Waals surface area contributed by atoms with Gasteiger partial charge in [0.1, 0.15) is 0 Å². The van der Waals surface area contributed by atoms with Gasteiger partial charge in [-0.3, -0.25) is 0 Å². The van der Waals surface area contributed by atoms with Crippen molar-refractivity contribution in [2.75, 3.05) is 7.11 Å². The Kier molecular flexibility index (Phi) is 5.70. The van der Waals surface area contributed by atoms with Gasteiger partial charge in [-0.2, -0.15) is 0 Å². The van der Waals surface area contributed by atoms with E-state index in [9.17, 15) is 4.79 Å². The van der Waals surface area contributed by atoms with E-state index in [0.717, 1.165) is 12.8 Å². The molecule has 0 aromatic heterocycles. The number of esters is 1. The lowest BCUT2D eigenvalue weighted by Crippen LogP contribution is -2.22. The van der Waals surface area contributed by atoms with Crippen molar-refractivity contribution in [1.29, 1.82) is 0 Å². The predicted octanol–water partition coefficient (Wildman–Crippen LogP) is 2.53. The number of benzene rings is 1. The Morgan fingerprint density at radius 1 is 1.35 bits per heavy atom. The topological polar surface area (TPSA) is 52.3 Å². The molecular formula is C14H21NO2. The minimum atomic E-state index is -0.299. The highest BCUT2D eigenvalue weighted by Gasteiger charge is 2.06. The van der Waals surface area contributed by atoms with Crippen LogP contribution in [-0.2, 0) is 11.2 Å². The number of unbranched alkanes of at least 4 members (excludes halogenated alkanes) is 1. The summed E-state index contributed by atoms with van der Waals surface area (Å²) in [5.74, 6) is -0.299. The van der Waals surface area contributed by atoms with Gasteiger partial charge in [0.25, 0.3) is 0 Å². The van der Waals surface area contributed by atoms with Crippen molar-refractivity contribution in [2.24, 2.45) is 5.73 Å². The van der Waals surface area contributed by atoms with Crippen LogP contribution in [0.15, 0.2) is 24.3 Å². The molecule has 0 radical (unpaired) electrons. The number of nitrogens with two attached hydrogens (primary N) is 1. The van der Waals surface area contributed by atoms with Gasteiger partial charge in [0, 0.05) is 6.04 Å². The van der Waals surface area contributed by atoms with Crippen molar-refractivity contribution < 1.29 is 9.53 Å². The standard InChI is InChI=1S/C14H21NO2/c1-3-4-5-13(15)10-11-6-8-12(9-7-11)14(16)17-2/h6-9,13H,3-5,10,15H2,1-2H3. The minimum absolute atomic E-state index is 0.207. The fourth-order valence-electron chi connectivity index (χ4n) is 1.77. The van der Waals surface area contributed by atoms with Crippen LogP contribution in [0.5, 0.6) is 0 Å². The van der Waals surface area contributed by atoms with Crippen molar-refractivity contribution in [3.05, 3.63) is 35.4 Å². The van der Waals surface area contributed by atoms with E-state index in [1.165, 1.54) is 25.5 Å². The quantitative estimate of drug-likeness (QED) is 0.771. The van der Waals surface area contributed by atoms with Crippen molar-refractivity contribution in [1.82, 2.24) is 0 Å². The summed E-state index contributed by atoms with van der Waals surface area (Å²) in [5.41, 5.74) is 7.77. The maximum atomic E-state index is 11.2. The number of methoxy groups -OCH3 is 1. The first-order chi connectivity index (χ1) is 8.17. The first-order valence-corrected chi connectivity index (χ1v) is 6.10. The van der Waals surface area contributed by atoms with Gasteiger partial charge in [-0.15, -0.1) is 0 Å². The van der Waals surface area contributed by atoms with E-state index in [0.29, 0.717) is 5.56 Å². The molecule has 0 heterocycles. The highest BCUT2D eigenvalue weighted by atomic mass is 16.5. The van der Waals surface area contributed by atoms with Gasteiger partial charge >= 0.3 is 5.97 Å². The normalized spacial score (nSPS) is 12.2. The third kappa shape index (κ3) is 4.57.